The van der Waals surface area contributed by atoms with Gasteiger partial charge in [0.1, 0.15) is 5.75 Å². The number of benzene rings is 2. The molecular formula is C20H24N4OS. The third kappa shape index (κ3) is 4.73. The quantitative estimate of drug-likeness (QED) is 0.516. The molecular weight excluding hydrogens is 344 g/mol. The second kappa shape index (κ2) is 8.67. The summed E-state index contributed by atoms with van der Waals surface area (Å²) in [6.07, 6.45) is 2.82. The molecule has 0 saturated carbocycles. The van der Waals surface area contributed by atoms with Gasteiger partial charge >= 0.3 is 0 Å². The van der Waals surface area contributed by atoms with E-state index in [-0.39, 0.29) is 0 Å². The maximum Gasteiger partial charge on any atom is 0.191 e. The summed E-state index contributed by atoms with van der Waals surface area (Å²) in [5, 5.41) is 10.2. The maximum atomic E-state index is 5.28. The largest absolute Gasteiger partial charge is 0.497 e. The van der Waals surface area contributed by atoms with E-state index in [9.17, 15) is 0 Å². The molecule has 0 atom stereocenters. The Balaban J connectivity index is 1.53. The molecule has 0 spiro atoms. The van der Waals surface area contributed by atoms with Crippen molar-refractivity contribution in [1.82, 2.24) is 15.6 Å². The molecule has 0 radical (unpaired) electrons. The Morgan fingerprint density at radius 3 is 2.69 bits per heavy atom. The number of aryl methyl sites for hydroxylation is 1. The lowest BCUT2D eigenvalue weighted by Gasteiger charge is -2.12. The van der Waals surface area contributed by atoms with Crippen LogP contribution in [0.4, 0.5) is 0 Å². The van der Waals surface area contributed by atoms with Crippen molar-refractivity contribution in [2.75, 3.05) is 20.7 Å². The molecule has 0 amide bonds. The average molecular weight is 369 g/mol. The third-order valence-electron chi connectivity index (χ3n) is 4.10. The third-order valence-corrected chi connectivity index (χ3v) is 5.07. The number of methoxy groups -OCH3 is 1. The molecule has 0 bridgehead atoms. The molecule has 1 heterocycles. The number of nitrogens with one attached hydrogen (secondary N) is 2. The number of fused-ring (bicyclic) bond motifs is 1. The van der Waals surface area contributed by atoms with Crippen LogP contribution in [0, 0.1) is 6.92 Å². The Morgan fingerprint density at radius 1 is 1.15 bits per heavy atom. The molecule has 5 nitrogen and oxygen atoms in total. The van der Waals surface area contributed by atoms with E-state index in [4.69, 9.17) is 4.74 Å². The predicted molar refractivity (Wildman–Crippen MR) is 109 cm³/mol. The SMILES string of the molecule is CN=C(NCCc1ncc(C)s1)NCc1ccc2cc(OC)ccc2c1. The lowest BCUT2D eigenvalue weighted by atomic mass is 10.1. The molecule has 0 aliphatic heterocycles. The lowest BCUT2D eigenvalue weighted by Crippen LogP contribution is -2.37. The second-order valence-corrected chi connectivity index (χ2v) is 7.33. The highest BCUT2D eigenvalue weighted by Crippen LogP contribution is 2.21. The van der Waals surface area contributed by atoms with E-state index in [0.29, 0.717) is 0 Å². The van der Waals surface area contributed by atoms with E-state index >= 15 is 0 Å². The first-order valence-corrected chi connectivity index (χ1v) is 9.42. The molecule has 0 saturated heterocycles. The molecule has 0 fully saturated rings. The Morgan fingerprint density at radius 2 is 1.96 bits per heavy atom. The first kappa shape index (κ1) is 18.2. The van der Waals surface area contributed by atoms with Crippen LogP contribution in [0.1, 0.15) is 15.4 Å². The number of hydrogen-bond acceptors (Lipinski definition) is 4. The monoisotopic (exact) mass is 368 g/mol. The van der Waals surface area contributed by atoms with Crippen molar-refractivity contribution in [3.8, 4) is 5.75 Å². The van der Waals surface area contributed by atoms with Gasteiger partial charge in [-0.3, -0.25) is 4.99 Å². The van der Waals surface area contributed by atoms with Gasteiger partial charge in [-0.05, 0) is 41.5 Å². The Labute approximate surface area is 158 Å². The van der Waals surface area contributed by atoms with Crippen molar-refractivity contribution in [2.45, 2.75) is 19.9 Å². The minimum Gasteiger partial charge on any atom is -0.497 e. The number of hydrogen-bond donors (Lipinski definition) is 2. The van der Waals surface area contributed by atoms with Gasteiger partial charge in [-0.2, -0.15) is 0 Å². The van der Waals surface area contributed by atoms with Crippen LogP contribution in [-0.4, -0.2) is 31.6 Å². The van der Waals surface area contributed by atoms with Gasteiger partial charge in [0, 0.05) is 37.6 Å². The van der Waals surface area contributed by atoms with Crippen LogP contribution >= 0.6 is 11.3 Å². The second-order valence-electron chi connectivity index (χ2n) is 6.01. The van der Waals surface area contributed by atoms with E-state index in [1.165, 1.54) is 21.2 Å². The predicted octanol–water partition coefficient (Wildman–Crippen LogP) is 3.52. The van der Waals surface area contributed by atoms with Gasteiger partial charge < -0.3 is 15.4 Å². The van der Waals surface area contributed by atoms with Crippen molar-refractivity contribution >= 4 is 28.1 Å². The number of ether oxygens (including phenoxy) is 1. The molecule has 1 aromatic heterocycles. The van der Waals surface area contributed by atoms with Crippen molar-refractivity contribution in [3.05, 3.63) is 58.0 Å². The summed E-state index contributed by atoms with van der Waals surface area (Å²) < 4.78 is 5.28. The highest BCUT2D eigenvalue weighted by atomic mass is 32.1. The van der Waals surface area contributed by atoms with Gasteiger partial charge in [0.15, 0.2) is 5.96 Å². The number of rotatable bonds is 6. The summed E-state index contributed by atoms with van der Waals surface area (Å²) in [6.45, 7) is 3.61. The zero-order valence-electron chi connectivity index (χ0n) is 15.4. The van der Waals surface area contributed by atoms with Gasteiger partial charge in [0.05, 0.1) is 12.1 Å². The molecule has 3 rings (SSSR count). The molecule has 0 aliphatic rings. The fourth-order valence-electron chi connectivity index (χ4n) is 2.72. The van der Waals surface area contributed by atoms with Crippen molar-refractivity contribution in [1.29, 1.82) is 0 Å². The highest BCUT2D eigenvalue weighted by Gasteiger charge is 2.03. The van der Waals surface area contributed by atoms with E-state index < -0.39 is 0 Å². The molecule has 2 aromatic carbocycles. The maximum absolute atomic E-state index is 5.28. The minimum atomic E-state index is 0.720. The molecule has 136 valence electrons. The van der Waals surface area contributed by atoms with Crippen LogP contribution in [0.3, 0.4) is 0 Å². The fraction of sp³-hybridized carbons (Fsp3) is 0.300. The molecule has 0 aliphatic carbocycles. The van der Waals surface area contributed by atoms with Crippen molar-refractivity contribution in [3.63, 3.8) is 0 Å². The van der Waals surface area contributed by atoms with Crippen LogP contribution in [0.25, 0.3) is 10.8 Å². The smallest absolute Gasteiger partial charge is 0.191 e. The van der Waals surface area contributed by atoms with Gasteiger partial charge in [0.2, 0.25) is 0 Å². The van der Waals surface area contributed by atoms with Gasteiger partial charge in [0.25, 0.3) is 0 Å². The first-order valence-electron chi connectivity index (χ1n) is 8.60. The standard InChI is InChI=1S/C20H24N4OS/c1-14-12-23-19(26-14)8-9-22-20(21-2)24-13-15-4-5-17-11-18(25-3)7-6-16(17)10-15/h4-7,10-12H,8-9,13H2,1-3H3,(H2,21,22,24). The minimum absolute atomic E-state index is 0.720. The summed E-state index contributed by atoms with van der Waals surface area (Å²) in [7, 11) is 3.48. The van der Waals surface area contributed by atoms with Crippen molar-refractivity contribution < 1.29 is 4.74 Å². The van der Waals surface area contributed by atoms with E-state index in [0.717, 1.165) is 36.2 Å². The number of nitrogens with zero attached hydrogens (tertiary/aromatic N) is 2. The molecule has 26 heavy (non-hydrogen) atoms. The Kier molecular flexibility index (Phi) is 6.07. The highest BCUT2D eigenvalue weighted by molar-refractivity contribution is 7.11. The summed E-state index contributed by atoms with van der Waals surface area (Å²) in [5.74, 6) is 1.68. The van der Waals surface area contributed by atoms with Crippen LogP contribution < -0.4 is 15.4 Å². The topological polar surface area (TPSA) is 58.5 Å². The van der Waals surface area contributed by atoms with Crippen LogP contribution in [0.5, 0.6) is 5.75 Å². The van der Waals surface area contributed by atoms with Crippen LogP contribution in [-0.2, 0) is 13.0 Å². The molecule has 2 N–H and O–H groups in total. The zero-order chi connectivity index (χ0) is 18.4. The number of thiazole rings is 1. The summed E-state index contributed by atoms with van der Waals surface area (Å²) >= 11 is 1.74. The Bertz CT molecular complexity index is 904. The molecule has 0 unspecified atom stereocenters. The van der Waals surface area contributed by atoms with E-state index in [1.54, 1.807) is 25.5 Å². The summed E-state index contributed by atoms with van der Waals surface area (Å²) in [6, 6.07) is 12.6. The average Bonchev–Trinajstić information content (AvgIpc) is 3.09. The summed E-state index contributed by atoms with van der Waals surface area (Å²) in [4.78, 5) is 9.91. The molecule has 6 heteroatoms. The van der Waals surface area contributed by atoms with Gasteiger partial charge in [-0.25, -0.2) is 4.98 Å². The van der Waals surface area contributed by atoms with E-state index in [2.05, 4.69) is 51.8 Å². The van der Waals surface area contributed by atoms with Gasteiger partial charge in [-0.1, -0.05) is 18.2 Å². The van der Waals surface area contributed by atoms with E-state index in [1.807, 2.05) is 18.3 Å². The van der Waals surface area contributed by atoms with Gasteiger partial charge in [-0.15, -0.1) is 11.3 Å². The first-order chi connectivity index (χ1) is 12.7. The fourth-order valence-corrected chi connectivity index (χ4v) is 3.51. The molecule has 3 aromatic rings. The Hall–Kier alpha value is -2.60. The zero-order valence-corrected chi connectivity index (χ0v) is 16.2. The number of aromatic nitrogens is 1. The van der Waals surface area contributed by atoms with Crippen LogP contribution in [0.2, 0.25) is 0 Å². The summed E-state index contributed by atoms with van der Waals surface area (Å²) in [5.41, 5.74) is 1.21. The normalized spacial score (nSPS) is 11.6. The van der Waals surface area contributed by atoms with Crippen molar-refractivity contribution in [2.24, 2.45) is 4.99 Å². The number of guanidine groups is 1. The lowest BCUT2D eigenvalue weighted by molar-refractivity contribution is 0.415. The number of aliphatic imine (C=N–C) groups is 1. The van der Waals surface area contributed by atoms with Crippen LogP contribution in [0.15, 0.2) is 47.6 Å².